The number of fused-ring (bicyclic) bond motifs is 1. The predicted molar refractivity (Wildman–Crippen MR) is 76.1 cm³/mol. The Morgan fingerprint density at radius 2 is 2.05 bits per heavy atom. The normalized spacial score (nSPS) is 12.1. The Morgan fingerprint density at radius 1 is 1.40 bits per heavy atom. The van der Waals surface area contributed by atoms with Crippen LogP contribution in [0.25, 0.3) is 11.0 Å². The Bertz CT molecular complexity index is 705. The second-order valence-electron chi connectivity index (χ2n) is 5.98. The fourth-order valence-corrected chi connectivity index (χ4v) is 1.93. The first-order chi connectivity index (χ1) is 9.20. The van der Waals surface area contributed by atoms with Gasteiger partial charge in [0, 0.05) is 12.1 Å². The number of hydrogen-bond acceptors (Lipinski definition) is 4. The molecule has 0 fully saturated rings. The second-order valence-corrected chi connectivity index (χ2v) is 5.98. The number of ether oxygens (including phenoxy) is 1. The summed E-state index contributed by atoms with van der Waals surface area (Å²) < 4.78 is 6.64. The summed E-state index contributed by atoms with van der Waals surface area (Å²) in [7, 11) is 0. The van der Waals surface area contributed by atoms with Gasteiger partial charge >= 0.3 is 6.09 Å². The number of aromatic nitrogens is 3. The number of hydrogen-bond donors (Lipinski definition) is 1. The summed E-state index contributed by atoms with van der Waals surface area (Å²) in [5.74, 6) is 0.514. The summed E-state index contributed by atoms with van der Waals surface area (Å²) >= 11 is 0. The van der Waals surface area contributed by atoms with Gasteiger partial charge in [0.25, 0.3) is 5.56 Å². The fourth-order valence-electron chi connectivity index (χ4n) is 1.93. The maximum atomic E-state index is 12.4. The Kier molecular flexibility index (Phi) is 3.41. The van der Waals surface area contributed by atoms with Crippen LogP contribution >= 0.6 is 0 Å². The van der Waals surface area contributed by atoms with Crippen molar-refractivity contribution in [2.45, 2.75) is 46.1 Å². The van der Waals surface area contributed by atoms with Crippen molar-refractivity contribution in [2.24, 2.45) is 0 Å². The highest BCUT2D eigenvalue weighted by Gasteiger charge is 2.25. The SMILES string of the molecule is CC(C)c1nc2cc[nH]c(=O)c2n1C(=O)OC(C)(C)C. The highest BCUT2D eigenvalue weighted by Crippen LogP contribution is 2.21. The van der Waals surface area contributed by atoms with Crippen LogP contribution < -0.4 is 5.56 Å². The zero-order valence-corrected chi connectivity index (χ0v) is 12.4. The molecule has 0 unspecified atom stereocenters. The lowest BCUT2D eigenvalue weighted by Crippen LogP contribution is -2.29. The van der Waals surface area contributed by atoms with E-state index in [0.29, 0.717) is 11.3 Å². The van der Waals surface area contributed by atoms with Crippen LogP contribution in [0.15, 0.2) is 17.1 Å². The predicted octanol–water partition coefficient (Wildman–Crippen LogP) is 2.63. The first-order valence-corrected chi connectivity index (χ1v) is 6.54. The third-order valence-corrected chi connectivity index (χ3v) is 2.69. The van der Waals surface area contributed by atoms with Crippen LogP contribution in [0.5, 0.6) is 0 Å². The molecule has 0 aliphatic rings. The van der Waals surface area contributed by atoms with Gasteiger partial charge in [-0.25, -0.2) is 14.3 Å². The van der Waals surface area contributed by atoms with Crippen LogP contribution in [-0.4, -0.2) is 26.2 Å². The molecule has 6 nitrogen and oxygen atoms in total. The van der Waals surface area contributed by atoms with Gasteiger partial charge in [0.15, 0.2) is 0 Å². The number of nitrogens with one attached hydrogen (secondary N) is 1. The molecule has 0 radical (unpaired) electrons. The Morgan fingerprint density at radius 3 is 2.60 bits per heavy atom. The molecule has 0 aromatic carbocycles. The van der Waals surface area contributed by atoms with E-state index in [0.717, 1.165) is 0 Å². The molecule has 2 aromatic rings. The molecule has 1 N–H and O–H groups in total. The summed E-state index contributed by atoms with van der Waals surface area (Å²) in [6.07, 6.45) is 0.932. The van der Waals surface area contributed by atoms with Crippen LogP contribution in [-0.2, 0) is 4.74 Å². The summed E-state index contributed by atoms with van der Waals surface area (Å²) in [6, 6.07) is 1.67. The molecule has 0 aliphatic carbocycles. The lowest BCUT2D eigenvalue weighted by atomic mass is 10.2. The maximum Gasteiger partial charge on any atom is 0.420 e. The summed E-state index contributed by atoms with van der Waals surface area (Å²) in [4.78, 5) is 31.3. The summed E-state index contributed by atoms with van der Waals surface area (Å²) in [6.45, 7) is 9.17. The molecule has 6 heteroatoms. The van der Waals surface area contributed by atoms with E-state index in [4.69, 9.17) is 4.74 Å². The van der Waals surface area contributed by atoms with Gasteiger partial charge in [-0.15, -0.1) is 0 Å². The minimum atomic E-state index is -0.635. The number of rotatable bonds is 1. The van der Waals surface area contributed by atoms with Crippen molar-refractivity contribution in [1.82, 2.24) is 14.5 Å². The van der Waals surface area contributed by atoms with Gasteiger partial charge in [0.1, 0.15) is 16.9 Å². The minimum absolute atomic E-state index is 0.00526. The lowest BCUT2D eigenvalue weighted by molar-refractivity contribution is 0.0537. The molecular formula is C14H19N3O3. The van der Waals surface area contributed by atoms with Gasteiger partial charge in [-0.3, -0.25) is 4.79 Å². The van der Waals surface area contributed by atoms with Crippen molar-refractivity contribution >= 4 is 17.1 Å². The van der Waals surface area contributed by atoms with Crippen molar-refractivity contribution in [2.75, 3.05) is 0 Å². The third kappa shape index (κ3) is 2.59. The number of carbonyl (C=O) groups is 1. The first kappa shape index (κ1) is 14.3. The molecule has 0 atom stereocenters. The zero-order chi connectivity index (χ0) is 15.1. The van der Waals surface area contributed by atoms with Crippen molar-refractivity contribution in [3.63, 3.8) is 0 Å². The number of H-pyrrole nitrogens is 1. The van der Waals surface area contributed by atoms with Crippen molar-refractivity contribution in [3.8, 4) is 0 Å². The smallest absolute Gasteiger partial charge is 0.420 e. The monoisotopic (exact) mass is 277 g/mol. The zero-order valence-electron chi connectivity index (χ0n) is 12.4. The van der Waals surface area contributed by atoms with Gasteiger partial charge < -0.3 is 9.72 Å². The Balaban J connectivity index is 2.69. The van der Waals surface area contributed by atoms with E-state index in [1.54, 1.807) is 26.8 Å². The van der Waals surface area contributed by atoms with Crippen LogP contribution in [0.4, 0.5) is 4.79 Å². The molecule has 0 saturated carbocycles. The topological polar surface area (TPSA) is 77.0 Å². The number of pyridine rings is 1. The average molecular weight is 277 g/mol. The van der Waals surface area contributed by atoms with Gasteiger partial charge in [-0.2, -0.15) is 0 Å². The van der Waals surface area contributed by atoms with E-state index >= 15 is 0 Å². The standard InChI is InChI=1S/C14H19N3O3/c1-8(2)11-16-9-6-7-15-12(18)10(9)17(11)13(19)20-14(3,4)5/h6-8H,1-5H3,(H,15,18). The highest BCUT2D eigenvalue weighted by molar-refractivity contribution is 5.87. The lowest BCUT2D eigenvalue weighted by Gasteiger charge is -2.20. The van der Waals surface area contributed by atoms with Crippen molar-refractivity contribution < 1.29 is 9.53 Å². The highest BCUT2D eigenvalue weighted by atomic mass is 16.6. The molecule has 0 saturated heterocycles. The molecule has 2 heterocycles. The van der Waals surface area contributed by atoms with E-state index in [9.17, 15) is 9.59 Å². The van der Waals surface area contributed by atoms with Crippen LogP contribution in [0.2, 0.25) is 0 Å². The molecule has 108 valence electrons. The van der Waals surface area contributed by atoms with E-state index < -0.39 is 11.7 Å². The summed E-state index contributed by atoms with van der Waals surface area (Å²) in [5, 5.41) is 0. The fraction of sp³-hybridized carbons (Fsp3) is 0.500. The quantitative estimate of drug-likeness (QED) is 0.869. The number of imidazole rings is 1. The van der Waals surface area contributed by atoms with Crippen molar-refractivity contribution in [1.29, 1.82) is 0 Å². The van der Waals surface area contributed by atoms with Crippen LogP contribution in [0.1, 0.15) is 46.4 Å². The van der Waals surface area contributed by atoms with Crippen LogP contribution in [0, 0.1) is 0 Å². The molecule has 0 spiro atoms. The number of carbonyl (C=O) groups excluding carboxylic acids is 1. The van der Waals surface area contributed by atoms with Gasteiger partial charge in [-0.05, 0) is 26.8 Å². The molecule has 20 heavy (non-hydrogen) atoms. The van der Waals surface area contributed by atoms with E-state index in [-0.39, 0.29) is 17.0 Å². The van der Waals surface area contributed by atoms with Gasteiger partial charge in [-0.1, -0.05) is 13.8 Å². The average Bonchev–Trinajstić information content (AvgIpc) is 2.67. The Labute approximate surface area is 116 Å². The Hall–Kier alpha value is -2.11. The van der Waals surface area contributed by atoms with Gasteiger partial charge in [0.2, 0.25) is 0 Å². The molecule has 0 amide bonds. The molecule has 0 aliphatic heterocycles. The van der Waals surface area contributed by atoms with E-state index in [1.807, 2.05) is 13.8 Å². The van der Waals surface area contributed by atoms with E-state index in [2.05, 4.69) is 9.97 Å². The number of nitrogens with zero attached hydrogens (tertiary/aromatic N) is 2. The molecule has 0 bridgehead atoms. The summed E-state index contributed by atoms with van der Waals surface area (Å²) in [5.41, 5.74) is -0.273. The minimum Gasteiger partial charge on any atom is -0.443 e. The van der Waals surface area contributed by atoms with Crippen molar-refractivity contribution in [3.05, 3.63) is 28.4 Å². The van der Waals surface area contributed by atoms with Gasteiger partial charge in [0.05, 0.1) is 5.52 Å². The van der Waals surface area contributed by atoms with Crippen LogP contribution in [0.3, 0.4) is 0 Å². The maximum absolute atomic E-state index is 12.4. The van der Waals surface area contributed by atoms with E-state index in [1.165, 1.54) is 10.8 Å². The second kappa shape index (κ2) is 4.77. The molecule has 2 aromatic heterocycles. The number of aromatic amines is 1. The first-order valence-electron chi connectivity index (χ1n) is 6.54. The molecular weight excluding hydrogens is 258 g/mol. The largest absolute Gasteiger partial charge is 0.443 e. The third-order valence-electron chi connectivity index (χ3n) is 2.69. The molecule has 2 rings (SSSR count).